The van der Waals surface area contributed by atoms with Crippen LogP contribution >= 0.6 is 7.82 Å². The van der Waals surface area contributed by atoms with Gasteiger partial charge in [0.1, 0.15) is 6.10 Å². The van der Waals surface area contributed by atoms with Crippen LogP contribution in [0, 0.1) is 0 Å². The van der Waals surface area contributed by atoms with Crippen LogP contribution in [0.1, 0.15) is 194 Å². The molecule has 7 nitrogen and oxygen atoms in total. The lowest BCUT2D eigenvalue weighted by Crippen LogP contribution is -2.26. The fraction of sp³-hybridized carbons (Fsp3) is 0.949. The maximum atomic E-state index is 12.1. The largest absolute Gasteiger partial charge is 0.472 e. The number of rotatable bonds is 40. The summed E-state index contributed by atoms with van der Waals surface area (Å²) in [6.45, 7) is 6.26. The average molecular weight is 690 g/mol. The predicted octanol–water partition coefficient (Wildman–Crippen LogP) is 12.0. The lowest BCUT2D eigenvalue weighted by Gasteiger charge is -2.20. The molecule has 0 saturated heterocycles. The van der Waals surface area contributed by atoms with Gasteiger partial charge in [0, 0.05) is 19.8 Å². The van der Waals surface area contributed by atoms with Gasteiger partial charge in [0.15, 0.2) is 0 Å². The zero-order valence-electron chi connectivity index (χ0n) is 31.3. The Labute approximate surface area is 292 Å². The smallest absolute Gasteiger partial charge is 0.379 e. The molecule has 0 aromatic rings. The molecule has 0 spiro atoms. The molecular weight excluding hydrogens is 609 g/mol. The number of ether oxygens (including phenoxy) is 2. The van der Waals surface area contributed by atoms with Gasteiger partial charge in [-0.3, -0.25) is 9.05 Å². The SMILES string of the molecule is CCCCCCCC/C=C\CCCCCCCCO[C@H](COCCCCCCCCCCCCCCCC)COP(=O)(O)OCCN. The molecule has 0 saturated carbocycles. The van der Waals surface area contributed by atoms with Gasteiger partial charge in [-0.2, -0.15) is 0 Å². The van der Waals surface area contributed by atoms with E-state index < -0.39 is 13.9 Å². The average Bonchev–Trinajstić information content (AvgIpc) is 3.07. The van der Waals surface area contributed by atoms with E-state index in [2.05, 4.69) is 26.0 Å². The Morgan fingerprint density at radius 1 is 0.532 bits per heavy atom. The third-order valence-electron chi connectivity index (χ3n) is 8.75. The molecule has 8 heteroatoms. The van der Waals surface area contributed by atoms with Crippen molar-refractivity contribution in [2.45, 2.75) is 200 Å². The van der Waals surface area contributed by atoms with Crippen LogP contribution in [-0.2, 0) is 23.1 Å². The highest BCUT2D eigenvalue weighted by atomic mass is 31.2. The van der Waals surface area contributed by atoms with Gasteiger partial charge < -0.3 is 20.1 Å². The Kier molecular flexibility index (Phi) is 38.3. The monoisotopic (exact) mass is 690 g/mol. The Hall–Kier alpha value is -0.270. The van der Waals surface area contributed by atoms with E-state index in [9.17, 15) is 9.46 Å². The van der Waals surface area contributed by atoms with Gasteiger partial charge in [-0.1, -0.05) is 167 Å². The summed E-state index contributed by atoms with van der Waals surface area (Å²) in [5.41, 5.74) is 5.38. The van der Waals surface area contributed by atoms with E-state index in [0.29, 0.717) is 19.8 Å². The summed E-state index contributed by atoms with van der Waals surface area (Å²) in [5.74, 6) is 0. The van der Waals surface area contributed by atoms with E-state index in [0.717, 1.165) is 19.3 Å². The van der Waals surface area contributed by atoms with Crippen molar-refractivity contribution in [1.82, 2.24) is 0 Å². The number of phosphoric acid groups is 1. The molecule has 2 atom stereocenters. The molecule has 0 aliphatic rings. The zero-order valence-corrected chi connectivity index (χ0v) is 32.2. The minimum Gasteiger partial charge on any atom is -0.379 e. The Bertz CT molecular complexity index is 680. The van der Waals surface area contributed by atoms with Crippen LogP contribution in [-0.4, -0.2) is 50.6 Å². The first-order valence-corrected chi connectivity index (χ1v) is 21.7. The van der Waals surface area contributed by atoms with Gasteiger partial charge in [0.25, 0.3) is 0 Å². The minimum absolute atomic E-state index is 0.0234. The molecule has 0 amide bonds. The highest BCUT2D eigenvalue weighted by Crippen LogP contribution is 2.43. The molecule has 0 fully saturated rings. The van der Waals surface area contributed by atoms with Crippen molar-refractivity contribution in [2.24, 2.45) is 5.73 Å². The van der Waals surface area contributed by atoms with Gasteiger partial charge in [-0.15, -0.1) is 0 Å². The summed E-state index contributed by atoms with van der Waals surface area (Å²) in [5, 5.41) is 0. The molecule has 3 N–H and O–H groups in total. The van der Waals surface area contributed by atoms with E-state index >= 15 is 0 Å². The second kappa shape index (κ2) is 38.5. The molecule has 282 valence electrons. The number of unbranched alkanes of at least 4 members (excludes halogenated alkanes) is 25. The number of hydrogen-bond acceptors (Lipinski definition) is 6. The van der Waals surface area contributed by atoms with Gasteiger partial charge in [-0.05, 0) is 38.5 Å². The van der Waals surface area contributed by atoms with E-state index in [1.165, 1.54) is 161 Å². The molecule has 47 heavy (non-hydrogen) atoms. The summed E-state index contributed by atoms with van der Waals surface area (Å²) in [7, 11) is -4.14. The third kappa shape index (κ3) is 38.4. The minimum atomic E-state index is -4.14. The van der Waals surface area contributed by atoms with Crippen LogP contribution < -0.4 is 5.73 Å². The fourth-order valence-electron chi connectivity index (χ4n) is 5.74. The first-order valence-electron chi connectivity index (χ1n) is 20.2. The molecule has 0 rings (SSSR count). The molecule has 0 bridgehead atoms. The van der Waals surface area contributed by atoms with Crippen molar-refractivity contribution in [1.29, 1.82) is 0 Å². The van der Waals surface area contributed by atoms with E-state index in [4.69, 9.17) is 24.3 Å². The molecule has 0 heterocycles. The highest BCUT2D eigenvalue weighted by molar-refractivity contribution is 7.47. The van der Waals surface area contributed by atoms with Crippen LogP contribution in [0.4, 0.5) is 0 Å². The number of hydrogen-bond donors (Lipinski definition) is 2. The Balaban J connectivity index is 3.91. The van der Waals surface area contributed by atoms with Crippen LogP contribution in [0.2, 0.25) is 0 Å². The molecule has 1 unspecified atom stereocenters. The summed E-state index contributed by atoms with van der Waals surface area (Å²) in [6.07, 6.45) is 40.7. The zero-order chi connectivity index (χ0) is 34.4. The normalized spacial score (nSPS) is 13.9. The number of phosphoric ester groups is 1. The lowest BCUT2D eigenvalue weighted by molar-refractivity contribution is -0.0443. The first kappa shape index (κ1) is 46.7. The van der Waals surface area contributed by atoms with Crippen molar-refractivity contribution >= 4 is 7.82 Å². The highest BCUT2D eigenvalue weighted by Gasteiger charge is 2.23. The maximum Gasteiger partial charge on any atom is 0.472 e. The van der Waals surface area contributed by atoms with Crippen molar-refractivity contribution in [3.8, 4) is 0 Å². The summed E-state index contributed by atoms with van der Waals surface area (Å²) in [6, 6.07) is 0. The quantitative estimate of drug-likeness (QED) is 0.0375. The maximum absolute atomic E-state index is 12.1. The fourth-order valence-corrected chi connectivity index (χ4v) is 6.51. The van der Waals surface area contributed by atoms with Crippen LogP contribution in [0.15, 0.2) is 12.2 Å². The number of nitrogens with two attached hydrogens (primary N) is 1. The summed E-state index contributed by atoms with van der Waals surface area (Å²) < 4.78 is 34.0. The molecule has 0 radical (unpaired) electrons. The summed E-state index contributed by atoms with van der Waals surface area (Å²) in [4.78, 5) is 9.88. The molecule has 0 aliphatic carbocycles. The van der Waals surface area contributed by atoms with Gasteiger partial charge in [0.05, 0.1) is 19.8 Å². The van der Waals surface area contributed by atoms with E-state index in [1.54, 1.807) is 0 Å². The predicted molar refractivity (Wildman–Crippen MR) is 201 cm³/mol. The Morgan fingerprint density at radius 3 is 1.38 bits per heavy atom. The standard InChI is InChI=1S/C39H80NO6P/c1-3-5-7-9-11-13-15-17-19-20-22-24-26-28-30-32-35-44-39(38-46-47(41,42)45-36-33-40)37-43-34-31-29-27-25-23-21-18-16-14-12-10-8-6-4-2/h17,19,39H,3-16,18,20-38,40H2,1-2H3,(H,41,42)/b19-17-/t39-/m1/s1. The van der Waals surface area contributed by atoms with Crippen LogP contribution in [0.5, 0.6) is 0 Å². The van der Waals surface area contributed by atoms with Crippen molar-refractivity contribution in [3.63, 3.8) is 0 Å². The Morgan fingerprint density at radius 2 is 0.936 bits per heavy atom. The molecule has 0 aliphatic heterocycles. The third-order valence-corrected chi connectivity index (χ3v) is 9.74. The van der Waals surface area contributed by atoms with Crippen molar-refractivity contribution in [2.75, 3.05) is 39.6 Å². The van der Waals surface area contributed by atoms with Gasteiger partial charge in [0.2, 0.25) is 0 Å². The topological polar surface area (TPSA) is 100 Å². The van der Waals surface area contributed by atoms with Crippen LogP contribution in [0.25, 0.3) is 0 Å². The second-order valence-electron chi connectivity index (χ2n) is 13.5. The molecule has 0 aromatic heterocycles. The van der Waals surface area contributed by atoms with Gasteiger partial charge >= 0.3 is 7.82 Å². The first-order chi connectivity index (χ1) is 23.1. The number of allylic oxidation sites excluding steroid dienone is 2. The van der Waals surface area contributed by atoms with E-state index in [1.807, 2.05) is 0 Å². The molecule has 0 aromatic carbocycles. The van der Waals surface area contributed by atoms with Gasteiger partial charge in [-0.25, -0.2) is 4.57 Å². The summed E-state index contributed by atoms with van der Waals surface area (Å²) >= 11 is 0. The molecular formula is C39H80NO6P. The second-order valence-corrected chi connectivity index (χ2v) is 14.9. The van der Waals surface area contributed by atoms with Crippen molar-refractivity contribution < 1.29 is 28.0 Å². The van der Waals surface area contributed by atoms with Crippen LogP contribution in [0.3, 0.4) is 0 Å². The lowest BCUT2D eigenvalue weighted by atomic mass is 10.0. The van der Waals surface area contributed by atoms with Crippen molar-refractivity contribution in [3.05, 3.63) is 12.2 Å². The van der Waals surface area contributed by atoms with E-state index in [-0.39, 0.29) is 19.8 Å².